The number of aryl methyl sites for hydroxylation is 2. The molecule has 4 aromatic carbocycles. The van der Waals surface area contributed by atoms with E-state index in [4.69, 9.17) is 38.8 Å². The van der Waals surface area contributed by atoms with E-state index in [1.807, 2.05) is 56.1 Å². The highest BCUT2D eigenvalue weighted by atomic mass is 32.1. The molecule has 1 unspecified atom stereocenters. The predicted octanol–water partition coefficient (Wildman–Crippen LogP) is 10.7. The minimum Gasteiger partial charge on any atom is -0.491 e. The number of anilines is 2. The highest BCUT2D eigenvalue weighted by Gasteiger charge is 2.51. The molecule has 0 radical (unpaired) electrons. The molecule has 3 heterocycles. The number of methoxy groups -OCH3 is 1. The monoisotopic (exact) mass is 1110 g/mol. The zero-order valence-corrected chi connectivity index (χ0v) is 50.2. The summed E-state index contributed by atoms with van der Waals surface area (Å²) in [6.07, 6.45) is 2.13. The molecule has 1 N–H and O–H groups in total. The van der Waals surface area contributed by atoms with E-state index in [1.165, 1.54) is 34.9 Å². The number of esters is 1. The summed E-state index contributed by atoms with van der Waals surface area (Å²) in [5.74, 6) is 6.18. The maximum atomic E-state index is 15.1. The fourth-order valence-corrected chi connectivity index (χ4v) is 16.6. The van der Waals surface area contributed by atoms with Crippen molar-refractivity contribution in [1.82, 2.24) is 30.0 Å². The van der Waals surface area contributed by atoms with E-state index < -0.39 is 28.2 Å². The van der Waals surface area contributed by atoms with Gasteiger partial charge in [0, 0.05) is 38.2 Å². The van der Waals surface area contributed by atoms with Gasteiger partial charge in [-0.3, -0.25) is 9.47 Å². The van der Waals surface area contributed by atoms with E-state index in [9.17, 15) is 4.79 Å². The van der Waals surface area contributed by atoms with Crippen LogP contribution < -0.4 is 30.1 Å². The lowest BCUT2D eigenvalue weighted by Gasteiger charge is -2.45. The van der Waals surface area contributed by atoms with Gasteiger partial charge in [0.25, 0.3) is 8.32 Å². The van der Waals surface area contributed by atoms with Crippen molar-refractivity contribution in [2.75, 3.05) is 66.0 Å². The minimum absolute atomic E-state index is 0.139. The van der Waals surface area contributed by atoms with E-state index >= 15 is 4.39 Å². The number of likely N-dealkylation sites (N-methyl/N-ethyl adjacent to an activating group) is 1. The average molecular weight is 1120 g/mol. The van der Waals surface area contributed by atoms with Gasteiger partial charge in [0.2, 0.25) is 0 Å². The van der Waals surface area contributed by atoms with Gasteiger partial charge in [0.15, 0.2) is 38.8 Å². The van der Waals surface area contributed by atoms with Crippen LogP contribution in [-0.2, 0) is 27.1 Å². The summed E-state index contributed by atoms with van der Waals surface area (Å²) in [6.45, 7) is 18.9. The normalized spacial score (nSPS) is 12.7. The number of para-hydroxylation sites is 1. The molecule has 0 amide bonds. The second-order valence-corrected chi connectivity index (χ2v) is 33.5. The third kappa shape index (κ3) is 15.4. The lowest BCUT2D eigenvalue weighted by molar-refractivity contribution is 0.0593. The first kappa shape index (κ1) is 58.8. The number of fused-ring (bicyclic) bond motifs is 1. The molecule has 0 aliphatic heterocycles. The molecule has 13 nitrogen and oxygen atoms in total. The summed E-state index contributed by atoms with van der Waals surface area (Å²) in [5, 5.41) is 15.9. The number of hydrogen-bond donors (Lipinski definition) is 1. The first-order chi connectivity index (χ1) is 36.9. The number of carbonyl (C=O) groups excluding carboxylic acids is 1. The Balaban J connectivity index is 1.20. The van der Waals surface area contributed by atoms with Crippen LogP contribution in [0.15, 0.2) is 114 Å². The van der Waals surface area contributed by atoms with Crippen LogP contribution in [0, 0.1) is 24.6 Å². The van der Waals surface area contributed by atoms with Crippen LogP contribution in [0.25, 0.3) is 10.2 Å². The molecule has 408 valence electrons. The van der Waals surface area contributed by atoms with Gasteiger partial charge < -0.3 is 28.9 Å². The number of nitrogens with one attached hydrogen (secondary N) is 1. The van der Waals surface area contributed by atoms with Crippen LogP contribution in [0.4, 0.5) is 21.2 Å². The van der Waals surface area contributed by atoms with Crippen molar-refractivity contribution >= 4 is 82.4 Å². The van der Waals surface area contributed by atoms with Crippen molar-refractivity contribution in [3.63, 3.8) is 0 Å². The Morgan fingerprint density at radius 3 is 2.25 bits per heavy atom. The van der Waals surface area contributed by atoms with Crippen LogP contribution >= 0.6 is 22.7 Å². The smallest absolute Gasteiger partial charge is 0.357 e. The molecule has 0 aliphatic carbocycles. The molecule has 1 atom stereocenters. The number of hydrogen-bond acceptors (Lipinski definition) is 14. The van der Waals surface area contributed by atoms with Gasteiger partial charge in [0.05, 0.1) is 36.6 Å². The maximum absolute atomic E-state index is 15.1. The van der Waals surface area contributed by atoms with Gasteiger partial charge in [0.1, 0.15) is 6.73 Å². The highest BCUT2D eigenvalue weighted by Crippen LogP contribution is 2.39. The van der Waals surface area contributed by atoms with Crippen LogP contribution in [-0.4, -0.2) is 114 Å². The van der Waals surface area contributed by atoms with Crippen LogP contribution in [0.3, 0.4) is 0 Å². The predicted molar refractivity (Wildman–Crippen MR) is 318 cm³/mol. The largest absolute Gasteiger partial charge is 0.491 e. The number of rotatable bonds is 25. The Morgan fingerprint density at radius 1 is 0.909 bits per heavy atom. The number of halogens is 1. The molecule has 77 heavy (non-hydrogen) atoms. The second-order valence-electron chi connectivity index (χ2n) is 21.6. The number of nitrogens with zero attached hydrogens (tertiary/aromatic N) is 7. The first-order valence-electron chi connectivity index (χ1n) is 26.3. The summed E-state index contributed by atoms with van der Waals surface area (Å²) >= 11 is 2.98. The van der Waals surface area contributed by atoms with Crippen LogP contribution in [0.1, 0.15) is 66.5 Å². The number of ether oxygens (including phenoxy) is 3. The van der Waals surface area contributed by atoms with Crippen molar-refractivity contribution in [1.29, 1.82) is 0 Å². The molecular weight excluding hydrogens is 1040 g/mol. The van der Waals surface area contributed by atoms with Gasteiger partial charge in [-0.1, -0.05) is 136 Å². The molecule has 0 fully saturated rings. The molecule has 7 aromatic rings. The van der Waals surface area contributed by atoms with Crippen molar-refractivity contribution < 1.29 is 27.8 Å². The van der Waals surface area contributed by atoms with Gasteiger partial charge in [-0.05, 0) is 117 Å². The Hall–Kier alpha value is -5.89. The quantitative estimate of drug-likeness (QED) is 0.0254. The van der Waals surface area contributed by atoms with E-state index in [1.54, 1.807) is 23.5 Å². The molecule has 0 spiro atoms. The summed E-state index contributed by atoms with van der Waals surface area (Å²) in [7, 11) is 3.00. The summed E-state index contributed by atoms with van der Waals surface area (Å²) in [4.78, 5) is 29.1. The zero-order valence-electron chi connectivity index (χ0n) is 46.6. The maximum Gasteiger partial charge on any atom is 0.357 e. The van der Waals surface area contributed by atoms with E-state index in [0.717, 1.165) is 26.6 Å². The average Bonchev–Trinajstić information content (AvgIpc) is 4.03. The summed E-state index contributed by atoms with van der Waals surface area (Å²) < 4.78 is 43.5. The molecule has 0 saturated carbocycles. The third-order valence-corrected chi connectivity index (χ3v) is 22.0. The van der Waals surface area contributed by atoms with Crippen molar-refractivity contribution in [3.8, 4) is 17.6 Å². The Morgan fingerprint density at radius 2 is 1.61 bits per heavy atom. The number of thiazole rings is 2. The molecule has 0 saturated heterocycles. The second kappa shape index (κ2) is 27.1. The topological polar surface area (TPSA) is 128 Å². The first-order valence-corrected chi connectivity index (χ1v) is 33.6. The Labute approximate surface area is 464 Å². The van der Waals surface area contributed by atoms with E-state index in [2.05, 4.69) is 135 Å². The third-order valence-electron chi connectivity index (χ3n) is 13.0. The number of benzene rings is 4. The minimum atomic E-state index is -2.90. The van der Waals surface area contributed by atoms with E-state index in [0.29, 0.717) is 85.9 Å². The van der Waals surface area contributed by atoms with Crippen LogP contribution in [0.2, 0.25) is 30.7 Å². The van der Waals surface area contributed by atoms with E-state index in [-0.39, 0.29) is 29.2 Å². The van der Waals surface area contributed by atoms with Crippen molar-refractivity contribution in [2.24, 2.45) is 4.99 Å². The van der Waals surface area contributed by atoms with Crippen molar-refractivity contribution in [2.45, 2.75) is 96.9 Å². The van der Waals surface area contributed by atoms with Gasteiger partial charge in [-0.2, -0.15) is 4.99 Å². The fraction of sp³-hybridized carbons (Fsp3) is 0.407. The standard InChI is InChI=1S/C59H75FN8O5S2Si2/c1-43-39-53(64-65-55(43)63-58-68(42-71-37-38-76(9,10)11)49-29-18-19-30-51(49)74-58)67(35-21-24-45(41-61-5)73-77(59(2,3)4,46-25-14-12-15-26-46)47-27-16-13-17-28-47)57-62-54(56(69)70-8)52(75-57)31-22-36-72-50-33-32-44(40-48(50)60)23-20-34-66(6)7/h12-19,25-30,32-33,39-40,45,61H,21-22,24,31,34-38,41-42H2,1-11H3/b63-58-. The van der Waals surface area contributed by atoms with Crippen molar-refractivity contribution in [3.05, 3.63) is 142 Å². The number of aromatic nitrogens is 4. The summed E-state index contributed by atoms with van der Waals surface area (Å²) in [6, 6.07) is 37.4. The zero-order chi connectivity index (χ0) is 55.2. The van der Waals surface area contributed by atoms with Gasteiger partial charge >= 0.3 is 5.97 Å². The molecule has 0 aliphatic rings. The highest BCUT2D eigenvalue weighted by molar-refractivity contribution is 7.16. The molecule has 3 aromatic heterocycles. The van der Waals surface area contributed by atoms with Gasteiger partial charge in [-0.25, -0.2) is 14.2 Å². The Bertz CT molecular complexity index is 3140. The molecule has 18 heteroatoms. The SMILES string of the molecule is CNCC(CCCN(c1cc(C)c(/N=c2\sc3ccccc3n2COCC[Si](C)(C)C)nn1)c1nc(C(=O)OC)c(CCCOc2ccc(C#CCN(C)C)cc2F)s1)O[Si](c1ccccc1)(c1ccccc1)C(C)(C)C. The molecular formula is C59H75FN8O5S2Si2. The molecule has 0 bridgehead atoms. The molecule has 7 rings (SSSR count). The summed E-state index contributed by atoms with van der Waals surface area (Å²) in [5.41, 5.74) is 2.65. The lowest BCUT2D eigenvalue weighted by Crippen LogP contribution is -2.68. The Kier molecular flexibility index (Phi) is 20.7. The van der Waals surface area contributed by atoms with Crippen LogP contribution in [0.5, 0.6) is 5.75 Å². The lowest BCUT2D eigenvalue weighted by atomic mass is 10.2. The fourth-order valence-electron chi connectivity index (χ4n) is 9.01. The van der Waals surface area contributed by atoms with Gasteiger partial charge in [-0.15, -0.1) is 21.5 Å². The number of carbonyl (C=O) groups is 1.